The highest BCUT2D eigenvalue weighted by atomic mass is 16.5. The van der Waals surface area contributed by atoms with Crippen molar-refractivity contribution in [2.24, 2.45) is 0 Å². The second-order valence-electron chi connectivity index (χ2n) is 7.78. The number of carbonyl (C=O) groups excluding carboxylic acids is 2. The Bertz CT molecular complexity index is 1280. The number of rotatable bonds is 6. The van der Waals surface area contributed by atoms with Crippen LogP contribution >= 0.6 is 0 Å². The Kier molecular flexibility index (Phi) is 5.77. The van der Waals surface area contributed by atoms with E-state index in [-0.39, 0.29) is 18.0 Å². The first-order valence-corrected chi connectivity index (χ1v) is 10.3. The molecule has 2 aromatic heterocycles. The van der Waals surface area contributed by atoms with Gasteiger partial charge in [0.1, 0.15) is 17.0 Å². The van der Waals surface area contributed by atoms with Crippen LogP contribution in [0.4, 0.5) is 0 Å². The summed E-state index contributed by atoms with van der Waals surface area (Å²) in [7, 11) is 0. The summed E-state index contributed by atoms with van der Waals surface area (Å²) < 4.78 is 12.6. The highest BCUT2D eigenvalue weighted by molar-refractivity contribution is 6.02. The third-order valence-corrected chi connectivity index (χ3v) is 5.47. The van der Waals surface area contributed by atoms with E-state index >= 15 is 0 Å². The van der Waals surface area contributed by atoms with Gasteiger partial charge in [0.05, 0.1) is 0 Å². The highest BCUT2D eigenvalue weighted by Gasteiger charge is 2.25. The summed E-state index contributed by atoms with van der Waals surface area (Å²) in [5.74, 6) is -0.553. The lowest BCUT2D eigenvalue weighted by Gasteiger charge is -2.10. The first-order chi connectivity index (χ1) is 15.4. The van der Waals surface area contributed by atoms with E-state index in [0.717, 1.165) is 22.6 Å². The normalized spacial score (nSPS) is 10.9. The number of carbonyl (C=O) groups is 2. The minimum atomic E-state index is -0.636. The van der Waals surface area contributed by atoms with Crippen LogP contribution < -0.4 is 0 Å². The van der Waals surface area contributed by atoms with Crippen molar-refractivity contribution in [1.29, 1.82) is 0 Å². The van der Waals surface area contributed by atoms with Crippen LogP contribution in [0.5, 0.6) is 0 Å². The average Bonchev–Trinajstić information content (AvgIpc) is 3.32. The molecule has 0 fully saturated rings. The van der Waals surface area contributed by atoms with Gasteiger partial charge in [-0.1, -0.05) is 53.2 Å². The third-order valence-electron chi connectivity index (χ3n) is 5.47. The van der Waals surface area contributed by atoms with Gasteiger partial charge in [-0.05, 0) is 45.9 Å². The summed E-state index contributed by atoms with van der Waals surface area (Å²) in [5, 5.41) is 4.00. The smallest absolute Gasteiger partial charge is 0.344 e. The van der Waals surface area contributed by atoms with Crippen molar-refractivity contribution in [1.82, 2.24) is 9.72 Å². The Hall–Kier alpha value is -3.93. The number of hydrogen-bond acceptors (Lipinski definition) is 5. The monoisotopic (exact) mass is 428 g/mol. The van der Waals surface area contributed by atoms with E-state index in [9.17, 15) is 9.59 Å². The molecule has 32 heavy (non-hydrogen) atoms. The van der Waals surface area contributed by atoms with Crippen LogP contribution in [-0.4, -0.2) is 28.1 Å². The van der Waals surface area contributed by atoms with Crippen LogP contribution in [0.2, 0.25) is 0 Å². The molecule has 0 saturated carbocycles. The van der Waals surface area contributed by atoms with Gasteiger partial charge in [-0.2, -0.15) is 0 Å². The van der Waals surface area contributed by atoms with Crippen LogP contribution in [-0.2, 0) is 4.74 Å². The van der Waals surface area contributed by atoms with E-state index in [4.69, 9.17) is 9.26 Å². The predicted octanol–water partition coefficient (Wildman–Crippen LogP) is 5.41. The molecule has 0 aliphatic carbocycles. The Balaban J connectivity index is 1.53. The lowest BCUT2D eigenvalue weighted by molar-refractivity contribution is 0.0473. The van der Waals surface area contributed by atoms with E-state index in [2.05, 4.69) is 5.16 Å². The number of esters is 1. The first kappa shape index (κ1) is 21.3. The van der Waals surface area contributed by atoms with Crippen molar-refractivity contribution >= 4 is 11.8 Å². The number of aryl methyl sites for hydroxylation is 3. The summed E-state index contributed by atoms with van der Waals surface area (Å²) >= 11 is 0. The Morgan fingerprint density at radius 3 is 2.34 bits per heavy atom. The van der Waals surface area contributed by atoms with Gasteiger partial charge in [-0.15, -0.1) is 0 Å². The zero-order valence-corrected chi connectivity index (χ0v) is 18.5. The van der Waals surface area contributed by atoms with E-state index < -0.39 is 5.97 Å². The molecule has 6 nitrogen and oxygen atoms in total. The second-order valence-corrected chi connectivity index (χ2v) is 7.78. The molecule has 0 N–H and O–H groups in total. The van der Waals surface area contributed by atoms with Crippen LogP contribution in [0.1, 0.15) is 43.4 Å². The molecule has 2 aromatic carbocycles. The number of nitrogens with zero attached hydrogens (tertiary/aromatic N) is 2. The molecule has 4 aromatic rings. The lowest BCUT2D eigenvalue weighted by atomic mass is 10.1. The topological polar surface area (TPSA) is 74.3 Å². The van der Waals surface area contributed by atoms with Gasteiger partial charge >= 0.3 is 5.97 Å². The zero-order chi connectivity index (χ0) is 22.8. The first-order valence-electron chi connectivity index (χ1n) is 10.3. The minimum Gasteiger partial charge on any atom is -0.454 e. The van der Waals surface area contributed by atoms with Crippen LogP contribution in [0.15, 0.2) is 65.2 Å². The molecule has 0 amide bonds. The van der Waals surface area contributed by atoms with Gasteiger partial charge in [-0.3, -0.25) is 4.79 Å². The van der Waals surface area contributed by atoms with E-state index in [1.165, 1.54) is 5.56 Å². The third kappa shape index (κ3) is 3.99. The summed E-state index contributed by atoms with van der Waals surface area (Å²) in [5.41, 5.74) is 5.78. The minimum absolute atomic E-state index is 0.231. The van der Waals surface area contributed by atoms with E-state index in [0.29, 0.717) is 17.0 Å². The number of aromatic nitrogens is 2. The second kappa shape index (κ2) is 8.67. The molecule has 0 aliphatic heterocycles. The lowest BCUT2D eigenvalue weighted by Crippen LogP contribution is -2.16. The molecule has 0 radical (unpaired) electrons. The van der Waals surface area contributed by atoms with Crippen molar-refractivity contribution in [3.63, 3.8) is 0 Å². The number of ether oxygens (including phenoxy) is 1. The predicted molar refractivity (Wildman–Crippen MR) is 121 cm³/mol. The fourth-order valence-electron chi connectivity index (χ4n) is 3.82. The largest absolute Gasteiger partial charge is 0.454 e. The number of hydrogen-bond donors (Lipinski definition) is 0. The molecule has 0 spiro atoms. The Labute approximate surface area is 186 Å². The molecule has 0 atom stereocenters. The van der Waals surface area contributed by atoms with Crippen LogP contribution in [0.25, 0.3) is 16.9 Å². The van der Waals surface area contributed by atoms with Gasteiger partial charge in [-0.25, -0.2) is 4.79 Å². The van der Waals surface area contributed by atoms with Gasteiger partial charge in [0, 0.05) is 28.2 Å². The highest BCUT2D eigenvalue weighted by Crippen LogP contribution is 2.26. The summed E-state index contributed by atoms with van der Waals surface area (Å²) in [6, 6.07) is 19.2. The Morgan fingerprint density at radius 2 is 1.66 bits per heavy atom. The molecule has 0 bridgehead atoms. The Morgan fingerprint density at radius 1 is 0.969 bits per heavy atom. The van der Waals surface area contributed by atoms with Crippen molar-refractivity contribution in [3.8, 4) is 16.9 Å². The van der Waals surface area contributed by atoms with Gasteiger partial charge in [0.15, 0.2) is 6.61 Å². The van der Waals surface area contributed by atoms with Crippen LogP contribution in [0, 0.1) is 27.7 Å². The molecule has 0 saturated heterocycles. The quantitative estimate of drug-likeness (QED) is 0.303. The maximum Gasteiger partial charge on any atom is 0.344 e. The standard InChI is InChI=1S/C26H24N2O4/c1-16-10-12-21(13-11-16)28-17(2)14-22(18(28)3)23(29)15-31-26(30)24-19(4)32-27-25(24)20-8-6-5-7-9-20/h5-14H,15H2,1-4H3. The number of benzene rings is 2. The number of ketones is 1. The van der Waals surface area contributed by atoms with Crippen LogP contribution in [0.3, 0.4) is 0 Å². The maximum absolute atomic E-state index is 12.9. The van der Waals surface area contributed by atoms with Gasteiger partial charge < -0.3 is 13.8 Å². The number of Topliss-reactive ketones (excluding diaryl/α,β-unsaturated/α-hetero) is 1. The summed E-state index contributed by atoms with van der Waals surface area (Å²) in [4.78, 5) is 25.7. The van der Waals surface area contributed by atoms with Gasteiger partial charge in [0.25, 0.3) is 0 Å². The van der Waals surface area contributed by atoms with Crippen molar-refractivity contribution in [3.05, 3.63) is 94.5 Å². The zero-order valence-electron chi connectivity index (χ0n) is 18.5. The van der Waals surface area contributed by atoms with E-state index in [1.807, 2.05) is 86.0 Å². The molecule has 0 aliphatic rings. The molecule has 6 heteroatoms. The molecule has 0 unspecified atom stereocenters. The SMILES string of the molecule is Cc1ccc(-n2c(C)cc(C(=O)COC(=O)c3c(-c4ccccc4)noc3C)c2C)cc1. The van der Waals surface area contributed by atoms with Gasteiger partial charge in [0.2, 0.25) is 5.78 Å². The average molecular weight is 428 g/mol. The summed E-state index contributed by atoms with van der Waals surface area (Å²) in [6.45, 7) is 7.15. The molecular formula is C26H24N2O4. The fourth-order valence-corrected chi connectivity index (χ4v) is 3.82. The van der Waals surface area contributed by atoms with Crippen molar-refractivity contribution in [2.75, 3.05) is 6.61 Å². The molecule has 162 valence electrons. The van der Waals surface area contributed by atoms with Crippen molar-refractivity contribution in [2.45, 2.75) is 27.7 Å². The molecule has 2 heterocycles. The maximum atomic E-state index is 12.9. The summed E-state index contributed by atoms with van der Waals surface area (Å²) in [6.07, 6.45) is 0. The molecular weight excluding hydrogens is 404 g/mol. The molecule has 4 rings (SSSR count). The fraction of sp³-hybridized carbons (Fsp3) is 0.192. The van der Waals surface area contributed by atoms with E-state index in [1.54, 1.807) is 6.92 Å². The van der Waals surface area contributed by atoms with Crippen molar-refractivity contribution < 1.29 is 18.8 Å².